The molecular weight excluding hydrogens is 805 g/mol. The minimum absolute atomic E-state index is 0.0126. The van der Waals surface area contributed by atoms with Gasteiger partial charge < -0.3 is 52.2 Å². The summed E-state index contributed by atoms with van der Waals surface area (Å²) in [5, 5.41) is 51.5. The van der Waals surface area contributed by atoms with Crippen molar-refractivity contribution in [3.05, 3.63) is 58.1 Å². The summed E-state index contributed by atoms with van der Waals surface area (Å²) in [7, 11) is 3.25. The highest BCUT2D eigenvalue weighted by molar-refractivity contribution is 7.99. The van der Waals surface area contributed by atoms with Crippen LogP contribution >= 0.6 is 11.8 Å². The summed E-state index contributed by atoms with van der Waals surface area (Å²) < 4.78 is 7.15. The number of nitrogen functional groups attached to an aromatic ring is 1. The fraction of sp³-hybridized carbons (Fsp3) is 0.447. The molecule has 21 nitrogen and oxygen atoms in total. The topological polar surface area (TPSA) is 326 Å². The first-order chi connectivity index (χ1) is 28.6. The van der Waals surface area contributed by atoms with E-state index in [1.165, 1.54) is 29.0 Å². The first kappa shape index (κ1) is 44.7. The molecular formula is C38H48N10O11S. The lowest BCUT2D eigenvalue weighted by Crippen LogP contribution is -2.44. The lowest BCUT2D eigenvalue weighted by molar-refractivity contribution is -0.142. The predicted molar refractivity (Wildman–Crippen MR) is 217 cm³/mol. The first-order valence-electron chi connectivity index (χ1n) is 19.0. The normalized spacial score (nSPS) is 17.3. The number of hydrogen-bond acceptors (Lipinski definition) is 15. The third kappa shape index (κ3) is 11.4. The summed E-state index contributed by atoms with van der Waals surface area (Å²) in [6.07, 6.45) is 4.59. The molecule has 0 saturated heterocycles. The van der Waals surface area contributed by atoms with E-state index in [9.17, 15) is 49.2 Å². The number of aromatic amines is 1. The van der Waals surface area contributed by atoms with Gasteiger partial charge in [-0.1, -0.05) is 0 Å². The van der Waals surface area contributed by atoms with Gasteiger partial charge in [0.25, 0.3) is 11.5 Å². The van der Waals surface area contributed by atoms with E-state index in [1.54, 1.807) is 26.3 Å². The number of nitrogens with one attached hydrogen (secondary N) is 5. The smallest absolute Gasteiger partial charge is 0.327 e. The predicted octanol–water partition coefficient (Wildman–Crippen LogP) is 1.55. The van der Waals surface area contributed by atoms with Crippen LogP contribution in [0, 0.1) is 5.92 Å². The van der Waals surface area contributed by atoms with Gasteiger partial charge in [-0.25, -0.2) is 19.6 Å². The third-order valence-corrected chi connectivity index (χ3v) is 11.5. The molecule has 0 bridgehead atoms. The minimum atomic E-state index is -1.48. The number of carbonyl (C=O) groups excluding carboxylic acids is 3. The molecule has 4 aromatic rings. The van der Waals surface area contributed by atoms with Gasteiger partial charge in [0.15, 0.2) is 17.0 Å². The highest BCUT2D eigenvalue weighted by Crippen LogP contribution is 2.40. The fourth-order valence-corrected chi connectivity index (χ4v) is 7.93. The van der Waals surface area contributed by atoms with E-state index in [-0.39, 0.29) is 76.4 Å². The van der Waals surface area contributed by atoms with Crippen molar-refractivity contribution < 1.29 is 49.1 Å². The van der Waals surface area contributed by atoms with Gasteiger partial charge in [0.05, 0.1) is 28.9 Å². The number of ether oxygens (including phenoxy) is 1. The van der Waals surface area contributed by atoms with Crippen LogP contribution in [-0.2, 0) is 37.0 Å². The number of carboxylic acid groups (broad SMARTS) is 2. The maximum atomic E-state index is 12.9. The molecule has 11 N–H and O–H groups in total. The molecule has 0 spiro atoms. The number of carbonyl (C=O) groups is 5. The number of aromatic nitrogens is 5. The number of nitrogens with two attached hydrogens (primary N) is 1. The molecule has 60 heavy (non-hydrogen) atoms. The zero-order valence-corrected chi connectivity index (χ0v) is 33.7. The van der Waals surface area contributed by atoms with E-state index < -0.39 is 53.4 Å². The molecule has 22 heteroatoms. The number of rotatable bonds is 20. The average Bonchev–Trinajstić information content (AvgIpc) is 3.50. The largest absolute Gasteiger partial charge is 0.494 e. The summed E-state index contributed by atoms with van der Waals surface area (Å²) in [6, 6.07) is 4.43. The zero-order chi connectivity index (χ0) is 43.6. The Balaban J connectivity index is 1.07. The quantitative estimate of drug-likeness (QED) is 0.0564. The zero-order valence-electron chi connectivity index (χ0n) is 32.9. The molecule has 0 radical (unpaired) electrons. The molecule has 3 amide bonds. The number of methoxy groups -OCH3 is 1. The molecule has 0 aliphatic heterocycles. The van der Waals surface area contributed by atoms with E-state index in [0.29, 0.717) is 49.9 Å². The standard InChI is InChI=1S/C38H48N10O11S/c1-40-31(51)21-10-13-38(59-2,14-11-21)12-3-15-48-28(50)16-26(34(48)54)60-19-25(36(57)58)44-27(49)9-8-24(35(55)56)45-32(52)20-4-6-22(7-5-20)41-17-23-18-42-30-29(43-23)33(53)47-37(39)46-30/h4-7,16,18,21,24-25,41,50,54H,3,8-15,17,19H2,1-2H3,(H,40,51)(H,44,49)(H,45,52)(H,55,56)(H,57,58)(H3,39,42,46,47,53)/t21?,24-,25-,38?/m0/s1. The summed E-state index contributed by atoms with van der Waals surface area (Å²) >= 11 is 0.901. The third-order valence-electron chi connectivity index (χ3n) is 10.4. The van der Waals surface area contributed by atoms with E-state index in [0.717, 1.165) is 11.8 Å². The number of anilines is 2. The van der Waals surface area contributed by atoms with E-state index >= 15 is 0 Å². The average molecular weight is 853 g/mol. The number of carboxylic acids is 2. The Morgan fingerprint density at radius 3 is 2.40 bits per heavy atom. The van der Waals surface area contributed by atoms with Crippen LogP contribution in [0.5, 0.6) is 11.8 Å². The van der Waals surface area contributed by atoms with Gasteiger partial charge in [0.1, 0.15) is 12.1 Å². The Hall–Kier alpha value is -6.42. The molecule has 2 atom stereocenters. The van der Waals surface area contributed by atoms with Gasteiger partial charge in [0, 0.05) is 56.1 Å². The fourth-order valence-electron chi connectivity index (χ4n) is 6.93. The number of benzene rings is 1. The Labute approximate surface area is 346 Å². The van der Waals surface area contributed by atoms with Crippen molar-refractivity contribution in [3.8, 4) is 11.8 Å². The molecule has 1 aliphatic carbocycles. The highest BCUT2D eigenvalue weighted by atomic mass is 32.2. The maximum Gasteiger partial charge on any atom is 0.327 e. The van der Waals surface area contributed by atoms with Crippen molar-refractivity contribution in [3.63, 3.8) is 0 Å². The van der Waals surface area contributed by atoms with Gasteiger partial charge >= 0.3 is 11.9 Å². The van der Waals surface area contributed by atoms with Crippen LogP contribution < -0.4 is 32.6 Å². The Kier molecular flexibility index (Phi) is 14.9. The Morgan fingerprint density at radius 1 is 1.05 bits per heavy atom. The summed E-state index contributed by atoms with van der Waals surface area (Å²) in [6.45, 7) is 0.415. The van der Waals surface area contributed by atoms with Crippen LogP contribution in [0.1, 0.15) is 67.4 Å². The molecule has 3 aromatic heterocycles. The number of nitrogens with zero attached hydrogens (tertiary/aromatic N) is 4. The lowest BCUT2D eigenvalue weighted by Gasteiger charge is -2.38. The van der Waals surface area contributed by atoms with Crippen LogP contribution in [0.3, 0.4) is 0 Å². The lowest BCUT2D eigenvalue weighted by atomic mass is 9.76. The van der Waals surface area contributed by atoms with Crippen molar-refractivity contribution >= 4 is 64.2 Å². The number of thioether (sulfide) groups is 1. The summed E-state index contributed by atoms with van der Waals surface area (Å²) in [5.41, 5.74) is 5.82. The molecule has 1 aliphatic rings. The number of aliphatic carboxylic acids is 2. The second-order valence-electron chi connectivity index (χ2n) is 14.3. The van der Waals surface area contributed by atoms with Crippen LogP contribution in [0.25, 0.3) is 11.2 Å². The molecule has 0 unspecified atom stereocenters. The Morgan fingerprint density at radius 2 is 1.75 bits per heavy atom. The van der Waals surface area contributed by atoms with Crippen molar-refractivity contribution in [2.75, 3.05) is 31.0 Å². The van der Waals surface area contributed by atoms with Crippen LogP contribution in [0.15, 0.2) is 46.2 Å². The number of amides is 3. The van der Waals surface area contributed by atoms with Gasteiger partial charge in [-0.05, 0) is 69.2 Å². The second kappa shape index (κ2) is 20.0. The molecule has 322 valence electrons. The van der Waals surface area contributed by atoms with E-state index in [4.69, 9.17) is 10.5 Å². The van der Waals surface area contributed by atoms with Crippen molar-refractivity contribution in [2.24, 2.45) is 5.92 Å². The van der Waals surface area contributed by atoms with Gasteiger partial charge in [-0.15, -0.1) is 11.8 Å². The number of fused-ring (bicyclic) bond motifs is 1. The first-order valence-corrected chi connectivity index (χ1v) is 20.0. The SMILES string of the molecule is CNC(=O)C1CCC(CCCn2c(O)cc(SC[C@H](NC(=O)CC[C@H](NC(=O)c3ccc(NCc4cnc5nc(N)[nH]c(=O)c5n4)cc3)C(=O)O)C(=O)O)c2O)(OC)CC1. The highest BCUT2D eigenvalue weighted by Gasteiger charge is 2.37. The number of H-pyrrole nitrogens is 1. The van der Waals surface area contributed by atoms with Crippen molar-refractivity contribution in [2.45, 2.75) is 87.0 Å². The van der Waals surface area contributed by atoms with Gasteiger partial charge in [0.2, 0.25) is 23.6 Å². The minimum Gasteiger partial charge on any atom is -0.494 e. The van der Waals surface area contributed by atoms with Gasteiger partial charge in [-0.3, -0.25) is 28.7 Å². The van der Waals surface area contributed by atoms with Crippen LogP contribution in [0.2, 0.25) is 0 Å². The van der Waals surface area contributed by atoms with E-state index in [1.807, 2.05) is 0 Å². The number of hydrogen-bond donors (Lipinski definition) is 10. The number of aromatic hydroxyl groups is 2. The van der Waals surface area contributed by atoms with Crippen LogP contribution in [-0.4, -0.2) is 112 Å². The molecule has 1 saturated carbocycles. The molecule has 1 fully saturated rings. The van der Waals surface area contributed by atoms with Crippen molar-refractivity contribution in [1.82, 2.24) is 40.5 Å². The maximum absolute atomic E-state index is 12.9. The van der Waals surface area contributed by atoms with Crippen molar-refractivity contribution in [1.29, 1.82) is 0 Å². The molecule has 5 rings (SSSR count). The van der Waals surface area contributed by atoms with E-state index in [2.05, 4.69) is 41.2 Å². The Bertz CT molecular complexity index is 2260. The summed E-state index contributed by atoms with van der Waals surface area (Å²) in [5.74, 6) is -5.14. The molecule has 1 aromatic carbocycles. The van der Waals surface area contributed by atoms with Crippen LogP contribution in [0.4, 0.5) is 11.6 Å². The monoisotopic (exact) mass is 852 g/mol. The van der Waals surface area contributed by atoms with Gasteiger partial charge in [-0.2, -0.15) is 4.98 Å². The summed E-state index contributed by atoms with van der Waals surface area (Å²) in [4.78, 5) is 88.7. The second-order valence-corrected chi connectivity index (χ2v) is 15.4. The molecule has 3 heterocycles.